The minimum absolute atomic E-state index is 0. The molecule has 1 N–H and O–H groups in total. The highest BCUT2D eigenvalue weighted by atomic mass is 35.5. The molecule has 0 spiro atoms. The topological polar surface area (TPSA) is 35.9 Å². The third-order valence-corrected chi connectivity index (χ3v) is 6.31. The Morgan fingerprint density at radius 3 is 2.09 bits per heavy atom. The van der Waals surface area contributed by atoms with Crippen LogP contribution in [0.4, 0.5) is 0 Å². The minimum atomic E-state index is -0.559. The fourth-order valence-electron chi connectivity index (χ4n) is 4.52. The Hall–Kier alpha value is -2.37. The van der Waals surface area contributed by atoms with E-state index in [1.165, 1.54) is 11.1 Å². The van der Waals surface area contributed by atoms with E-state index in [0.29, 0.717) is 0 Å². The van der Waals surface area contributed by atoms with Crippen molar-refractivity contribution >= 4 is 12.4 Å². The number of hydrogen-bond donors (Lipinski definition) is 1. The Labute approximate surface area is 197 Å². The summed E-state index contributed by atoms with van der Waals surface area (Å²) in [7, 11) is 1.70. The highest BCUT2D eigenvalue weighted by molar-refractivity contribution is 5.85. The van der Waals surface area contributed by atoms with Gasteiger partial charge in [0.05, 0.1) is 19.3 Å². The van der Waals surface area contributed by atoms with Crippen LogP contribution in [0.25, 0.3) is 0 Å². The SMILES string of the molecule is COc1ccc(CN2CCN(C(c3ccccc3)C(O)c3ccccc3C)CC2)cc1.Cl. The molecule has 32 heavy (non-hydrogen) atoms. The normalized spacial score (nSPS) is 16.7. The first-order valence-corrected chi connectivity index (χ1v) is 11.0. The average Bonchev–Trinajstić information content (AvgIpc) is 2.82. The Kier molecular flexibility index (Phi) is 8.71. The second-order valence-corrected chi connectivity index (χ2v) is 8.32. The molecule has 1 heterocycles. The molecule has 5 heteroatoms. The maximum atomic E-state index is 11.5. The van der Waals surface area contributed by atoms with Crippen LogP contribution < -0.4 is 4.74 Å². The molecule has 0 saturated carbocycles. The Balaban J connectivity index is 0.00000289. The molecule has 1 saturated heterocycles. The van der Waals surface area contributed by atoms with Gasteiger partial charge in [-0.05, 0) is 41.3 Å². The van der Waals surface area contributed by atoms with Crippen LogP contribution >= 0.6 is 12.4 Å². The zero-order valence-corrected chi connectivity index (χ0v) is 19.7. The first kappa shape index (κ1) is 24.3. The van der Waals surface area contributed by atoms with Crippen LogP contribution in [0.1, 0.15) is 34.4 Å². The standard InChI is InChI=1S/C27H32N2O2.ClH/c1-21-8-6-7-11-25(21)27(30)26(23-9-4-3-5-10-23)29-18-16-28(17-19-29)20-22-12-14-24(31-2)15-13-22;/h3-15,26-27,30H,16-20H2,1-2H3;1H. The number of aliphatic hydroxyl groups is 1. The van der Waals surface area contributed by atoms with Crippen molar-refractivity contribution in [1.29, 1.82) is 0 Å². The monoisotopic (exact) mass is 452 g/mol. The van der Waals surface area contributed by atoms with Gasteiger partial charge >= 0.3 is 0 Å². The summed E-state index contributed by atoms with van der Waals surface area (Å²) in [4.78, 5) is 4.93. The Bertz CT molecular complexity index is 957. The first-order chi connectivity index (χ1) is 15.2. The van der Waals surface area contributed by atoms with Gasteiger partial charge in [-0.3, -0.25) is 9.80 Å². The summed E-state index contributed by atoms with van der Waals surface area (Å²) >= 11 is 0. The second kappa shape index (κ2) is 11.5. The van der Waals surface area contributed by atoms with Crippen LogP contribution in [0.5, 0.6) is 5.75 Å². The van der Waals surface area contributed by atoms with Gasteiger partial charge in [0.2, 0.25) is 0 Å². The van der Waals surface area contributed by atoms with E-state index in [4.69, 9.17) is 4.74 Å². The van der Waals surface area contributed by atoms with Crippen LogP contribution in [0.15, 0.2) is 78.9 Å². The van der Waals surface area contributed by atoms with Crippen LogP contribution in [-0.4, -0.2) is 48.2 Å². The molecule has 0 bridgehead atoms. The van der Waals surface area contributed by atoms with Gasteiger partial charge in [0.1, 0.15) is 5.75 Å². The zero-order chi connectivity index (χ0) is 21.6. The van der Waals surface area contributed by atoms with Crippen LogP contribution in [0, 0.1) is 6.92 Å². The lowest BCUT2D eigenvalue weighted by Gasteiger charge is -2.41. The van der Waals surface area contributed by atoms with Crippen molar-refractivity contribution in [2.24, 2.45) is 0 Å². The number of aliphatic hydroxyl groups excluding tert-OH is 1. The molecule has 0 amide bonds. The summed E-state index contributed by atoms with van der Waals surface area (Å²) in [6.45, 7) is 6.84. The molecule has 0 aliphatic carbocycles. The largest absolute Gasteiger partial charge is 0.497 e. The number of aryl methyl sites for hydroxylation is 1. The molecule has 2 atom stereocenters. The van der Waals surface area contributed by atoms with E-state index in [0.717, 1.165) is 49.6 Å². The Morgan fingerprint density at radius 1 is 0.844 bits per heavy atom. The van der Waals surface area contributed by atoms with E-state index in [1.807, 2.05) is 30.3 Å². The van der Waals surface area contributed by atoms with Crippen molar-refractivity contribution in [2.45, 2.75) is 25.6 Å². The summed E-state index contributed by atoms with van der Waals surface area (Å²) in [6.07, 6.45) is -0.559. The predicted octanol–water partition coefficient (Wildman–Crippen LogP) is 5.02. The number of ether oxygens (including phenoxy) is 1. The van der Waals surface area contributed by atoms with Crippen LogP contribution in [-0.2, 0) is 6.54 Å². The van der Waals surface area contributed by atoms with Crippen LogP contribution in [0.3, 0.4) is 0 Å². The van der Waals surface area contributed by atoms with Gasteiger partial charge in [0.15, 0.2) is 0 Å². The van der Waals surface area contributed by atoms with Crippen molar-refractivity contribution in [3.05, 3.63) is 101 Å². The summed E-state index contributed by atoms with van der Waals surface area (Å²) in [5.41, 5.74) is 4.61. The number of piperazine rings is 1. The third-order valence-electron chi connectivity index (χ3n) is 6.31. The van der Waals surface area contributed by atoms with Crippen molar-refractivity contribution in [3.63, 3.8) is 0 Å². The molecule has 2 unspecified atom stereocenters. The number of halogens is 1. The van der Waals surface area contributed by atoms with Gasteiger partial charge in [-0.2, -0.15) is 0 Å². The lowest BCUT2D eigenvalue weighted by atomic mass is 9.91. The number of nitrogens with zero attached hydrogens (tertiary/aromatic N) is 2. The van der Waals surface area contributed by atoms with Gasteiger partial charge in [0.25, 0.3) is 0 Å². The molecule has 1 fully saturated rings. The smallest absolute Gasteiger partial charge is 0.118 e. The lowest BCUT2D eigenvalue weighted by molar-refractivity contribution is 0.0146. The average molecular weight is 453 g/mol. The molecule has 4 nitrogen and oxygen atoms in total. The minimum Gasteiger partial charge on any atom is -0.497 e. The van der Waals surface area contributed by atoms with Gasteiger partial charge in [0, 0.05) is 32.7 Å². The Morgan fingerprint density at radius 2 is 1.47 bits per heavy atom. The molecule has 3 aromatic rings. The summed E-state index contributed by atoms with van der Waals surface area (Å²) in [6, 6.07) is 26.9. The van der Waals surface area contributed by atoms with E-state index in [-0.39, 0.29) is 18.4 Å². The lowest BCUT2D eigenvalue weighted by Crippen LogP contribution is -2.48. The number of hydrogen-bond acceptors (Lipinski definition) is 4. The fourth-order valence-corrected chi connectivity index (χ4v) is 4.52. The maximum Gasteiger partial charge on any atom is 0.118 e. The van der Waals surface area contributed by atoms with Crippen molar-refractivity contribution < 1.29 is 9.84 Å². The van der Waals surface area contributed by atoms with Gasteiger partial charge in [-0.15, -0.1) is 12.4 Å². The molecule has 0 aromatic heterocycles. The quantitative estimate of drug-likeness (QED) is 0.546. The van der Waals surface area contributed by atoms with Gasteiger partial charge in [-0.1, -0.05) is 66.7 Å². The van der Waals surface area contributed by atoms with Crippen molar-refractivity contribution in [1.82, 2.24) is 9.80 Å². The number of methoxy groups -OCH3 is 1. The third kappa shape index (κ3) is 5.70. The highest BCUT2D eigenvalue weighted by Crippen LogP contribution is 2.36. The molecule has 170 valence electrons. The van der Waals surface area contributed by atoms with E-state index in [2.05, 4.69) is 65.3 Å². The maximum absolute atomic E-state index is 11.5. The number of rotatable bonds is 7. The zero-order valence-electron chi connectivity index (χ0n) is 18.9. The summed E-state index contributed by atoms with van der Waals surface area (Å²) in [5.74, 6) is 0.893. The molecule has 4 rings (SSSR count). The number of benzene rings is 3. The molecular weight excluding hydrogens is 420 g/mol. The van der Waals surface area contributed by atoms with E-state index in [9.17, 15) is 5.11 Å². The fraction of sp³-hybridized carbons (Fsp3) is 0.333. The van der Waals surface area contributed by atoms with Crippen LogP contribution in [0.2, 0.25) is 0 Å². The predicted molar refractivity (Wildman–Crippen MR) is 132 cm³/mol. The first-order valence-electron chi connectivity index (χ1n) is 11.0. The highest BCUT2D eigenvalue weighted by Gasteiger charge is 2.31. The van der Waals surface area contributed by atoms with E-state index < -0.39 is 6.10 Å². The molecular formula is C27H33ClN2O2. The summed E-state index contributed by atoms with van der Waals surface area (Å²) < 4.78 is 5.26. The van der Waals surface area contributed by atoms with E-state index in [1.54, 1.807) is 7.11 Å². The summed E-state index contributed by atoms with van der Waals surface area (Å²) in [5, 5.41) is 11.5. The molecule has 1 aliphatic rings. The molecule has 3 aromatic carbocycles. The second-order valence-electron chi connectivity index (χ2n) is 8.32. The van der Waals surface area contributed by atoms with Crippen molar-refractivity contribution in [2.75, 3.05) is 33.3 Å². The van der Waals surface area contributed by atoms with Gasteiger partial charge < -0.3 is 9.84 Å². The van der Waals surface area contributed by atoms with Crippen molar-refractivity contribution in [3.8, 4) is 5.75 Å². The van der Waals surface area contributed by atoms with Gasteiger partial charge in [-0.25, -0.2) is 0 Å². The molecule has 0 radical (unpaired) electrons. The molecule has 1 aliphatic heterocycles. The van der Waals surface area contributed by atoms with E-state index >= 15 is 0 Å².